The Labute approximate surface area is 260 Å². The van der Waals surface area contributed by atoms with Gasteiger partial charge in [0.15, 0.2) is 12.2 Å². The second kappa shape index (κ2) is 15.1. The lowest BCUT2D eigenvalue weighted by Crippen LogP contribution is -2.30. The number of carbonyl (C=O) groups is 2. The van der Waals surface area contributed by atoms with Gasteiger partial charge in [0, 0.05) is 17.0 Å². The van der Waals surface area contributed by atoms with Crippen LogP contribution in [-0.2, 0) is 9.53 Å². The molecule has 5 N–H and O–H groups in total. The summed E-state index contributed by atoms with van der Waals surface area (Å²) in [5.41, 5.74) is 7.99. The van der Waals surface area contributed by atoms with Crippen LogP contribution in [-0.4, -0.2) is 36.4 Å². The van der Waals surface area contributed by atoms with Crippen LogP contribution in [0.3, 0.4) is 0 Å². The van der Waals surface area contributed by atoms with E-state index in [0.29, 0.717) is 34.1 Å². The topological polar surface area (TPSA) is 132 Å². The summed E-state index contributed by atoms with van der Waals surface area (Å²) in [6.07, 6.45) is 0.111. The fraction of sp³-hybridized carbons (Fsp3) is 0.111. The van der Waals surface area contributed by atoms with Gasteiger partial charge in [-0.25, -0.2) is 4.79 Å². The van der Waals surface area contributed by atoms with E-state index >= 15 is 0 Å². The number of fused-ring (bicyclic) bond motifs is 1. The molecular weight excluding hydrogens is 570 g/mol. The maximum atomic E-state index is 13.5. The number of amides is 2. The normalized spacial score (nSPS) is 12.3. The zero-order valence-electron chi connectivity index (χ0n) is 24.3. The molecular formula is C36H33N3O6. The van der Waals surface area contributed by atoms with Crippen molar-refractivity contribution in [1.82, 2.24) is 0 Å². The van der Waals surface area contributed by atoms with Crippen molar-refractivity contribution in [3.8, 4) is 11.5 Å². The fourth-order valence-electron chi connectivity index (χ4n) is 4.68. The highest BCUT2D eigenvalue weighted by molar-refractivity contribution is 6.01. The summed E-state index contributed by atoms with van der Waals surface area (Å²) in [7, 11) is 0. The standard InChI is InChI=1S/C36H33N3O6/c37-30-17-6-7-18-32(30)38-34(41)21-20-33(44-27-13-2-1-3-14-27)35(26-12-8-15-28(24-26)43-23-22-40)45-36(42)39-31-19-9-11-25-10-4-5-16-29(25)31/h1-21,24,33,35,40H,22-23,37H2,(H,38,41)(H,39,42)/b21-20+/t33-,35-/m1/s1. The van der Waals surface area contributed by atoms with E-state index in [0.717, 1.165) is 10.8 Å². The minimum absolute atomic E-state index is 0.0865. The average Bonchev–Trinajstić information content (AvgIpc) is 3.06. The van der Waals surface area contributed by atoms with Crippen molar-refractivity contribution in [2.75, 3.05) is 29.6 Å². The predicted molar refractivity (Wildman–Crippen MR) is 175 cm³/mol. The average molecular weight is 604 g/mol. The molecule has 0 aliphatic heterocycles. The molecule has 0 aliphatic carbocycles. The van der Waals surface area contributed by atoms with Crippen LogP contribution in [0.1, 0.15) is 11.7 Å². The molecule has 5 rings (SSSR count). The van der Waals surface area contributed by atoms with Gasteiger partial charge in [-0.3, -0.25) is 10.1 Å². The molecule has 0 bridgehead atoms. The lowest BCUT2D eigenvalue weighted by atomic mass is 10.0. The molecule has 0 heterocycles. The van der Waals surface area contributed by atoms with Crippen LogP contribution < -0.4 is 25.8 Å². The van der Waals surface area contributed by atoms with Gasteiger partial charge in [0.2, 0.25) is 5.91 Å². The molecule has 0 fully saturated rings. The van der Waals surface area contributed by atoms with Crippen molar-refractivity contribution in [3.05, 3.63) is 139 Å². The highest BCUT2D eigenvalue weighted by atomic mass is 16.6. The quantitative estimate of drug-likeness (QED) is 0.0919. The molecule has 0 radical (unpaired) electrons. The SMILES string of the molecule is Nc1ccccc1NC(=O)/C=C/[C@@H](Oc1ccccc1)[C@H](OC(=O)Nc1cccc2ccccc12)c1cccc(OCCO)c1. The van der Waals surface area contributed by atoms with Gasteiger partial charge in [0.1, 0.15) is 18.1 Å². The number of hydrogen-bond acceptors (Lipinski definition) is 7. The molecule has 2 amide bonds. The van der Waals surface area contributed by atoms with Crippen LogP contribution in [0.15, 0.2) is 133 Å². The van der Waals surface area contributed by atoms with Crippen molar-refractivity contribution in [3.63, 3.8) is 0 Å². The van der Waals surface area contributed by atoms with Crippen LogP contribution in [0.25, 0.3) is 10.8 Å². The molecule has 9 heteroatoms. The summed E-state index contributed by atoms with van der Waals surface area (Å²) in [5, 5.41) is 16.7. The Hall–Kier alpha value is -5.80. The van der Waals surface area contributed by atoms with Crippen molar-refractivity contribution in [2.45, 2.75) is 12.2 Å². The third-order valence-corrected chi connectivity index (χ3v) is 6.78. The number of nitrogens with two attached hydrogens (primary N) is 1. The van der Waals surface area contributed by atoms with E-state index < -0.39 is 24.2 Å². The lowest BCUT2D eigenvalue weighted by molar-refractivity contribution is -0.112. The number of anilines is 3. The Morgan fingerprint density at radius 3 is 2.29 bits per heavy atom. The molecule has 0 saturated carbocycles. The molecule has 228 valence electrons. The Kier molecular flexibility index (Phi) is 10.3. The van der Waals surface area contributed by atoms with E-state index in [1.807, 2.05) is 54.6 Å². The maximum absolute atomic E-state index is 13.5. The first-order valence-corrected chi connectivity index (χ1v) is 14.3. The summed E-state index contributed by atoms with van der Waals surface area (Å²) in [4.78, 5) is 26.5. The van der Waals surface area contributed by atoms with Crippen molar-refractivity contribution >= 4 is 39.8 Å². The Bertz CT molecular complexity index is 1770. The molecule has 2 atom stereocenters. The van der Waals surface area contributed by atoms with E-state index in [-0.39, 0.29) is 13.2 Å². The van der Waals surface area contributed by atoms with E-state index in [1.54, 1.807) is 66.7 Å². The van der Waals surface area contributed by atoms with Crippen LogP contribution in [0.5, 0.6) is 11.5 Å². The van der Waals surface area contributed by atoms with Crippen LogP contribution in [0.2, 0.25) is 0 Å². The largest absolute Gasteiger partial charge is 0.491 e. The molecule has 5 aromatic rings. The number of carbonyl (C=O) groups excluding carboxylic acids is 2. The molecule has 9 nitrogen and oxygen atoms in total. The molecule has 45 heavy (non-hydrogen) atoms. The number of rotatable bonds is 12. The molecule has 0 spiro atoms. The first kappa shape index (κ1) is 30.7. The van der Waals surface area contributed by atoms with Crippen molar-refractivity contribution in [2.24, 2.45) is 0 Å². The van der Waals surface area contributed by atoms with Gasteiger partial charge in [-0.05, 0) is 53.9 Å². The lowest BCUT2D eigenvalue weighted by Gasteiger charge is -2.27. The zero-order chi connectivity index (χ0) is 31.4. The number of para-hydroxylation sites is 3. The number of hydrogen-bond donors (Lipinski definition) is 4. The highest BCUT2D eigenvalue weighted by Gasteiger charge is 2.28. The Morgan fingerprint density at radius 2 is 1.47 bits per heavy atom. The number of nitrogens with one attached hydrogen (secondary N) is 2. The van der Waals surface area contributed by atoms with Crippen LogP contribution in [0, 0.1) is 0 Å². The summed E-state index contributed by atoms with van der Waals surface area (Å²) in [6, 6.07) is 36.1. The summed E-state index contributed by atoms with van der Waals surface area (Å²) >= 11 is 0. The summed E-state index contributed by atoms with van der Waals surface area (Å²) in [5.74, 6) is 0.508. The summed E-state index contributed by atoms with van der Waals surface area (Å²) < 4.78 is 18.0. The van der Waals surface area contributed by atoms with Crippen molar-refractivity contribution < 1.29 is 28.9 Å². The second-order valence-corrected chi connectivity index (χ2v) is 9.95. The number of benzene rings is 5. The molecule has 0 aromatic heterocycles. The fourth-order valence-corrected chi connectivity index (χ4v) is 4.68. The number of nitrogen functional groups attached to an aromatic ring is 1. The smallest absolute Gasteiger partial charge is 0.412 e. The zero-order valence-corrected chi connectivity index (χ0v) is 24.3. The van der Waals surface area contributed by atoms with E-state index in [4.69, 9.17) is 19.9 Å². The van der Waals surface area contributed by atoms with Gasteiger partial charge < -0.3 is 30.4 Å². The van der Waals surface area contributed by atoms with Gasteiger partial charge in [0.25, 0.3) is 0 Å². The first-order valence-electron chi connectivity index (χ1n) is 14.3. The van der Waals surface area contributed by atoms with Crippen molar-refractivity contribution in [1.29, 1.82) is 0 Å². The van der Waals surface area contributed by atoms with Crippen LogP contribution in [0.4, 0.5) is 21.9 Å². The number of aliphatic hydroxyl groups excluding tert-OH is 1. The molecule has 0 aliphatic rings. The summed E-state index contributed by atoms with van der Waals surface area (Å²) in [6.45, 7) is -0.0791. The molecule has 0 saturated heterocycles. The minimum Gasteiger partial charge on any atom is -0.491 e. The van der Waals surface area contributed by atoms with Gasteiger partial charge in [-0.1, -0.05) is 78.9 Å². The van der Waals surface area contributed by atoms with E-state index in [2.05, 4.69) is 10.6 Å². The third kappa shape index (κ3) is 8.40. The van der Waals surface area contributed by atoms with Crippen LogP contribution >= 0.6 is 0 Å². The Morgan fingerprint density at radius 1 is 0.778 bits per heavy atom. The van der Waals surface area contributed by atoms with Gasteiger partial charge >= 0.3 is 6.09 Å². The molecule has 5 aromatic carbocycles. The molecule has 0 unspecified atom stereocenters. The van der Waals surface area contributed by atoms with E-state index in [9.17, 15) is 14.7 Å². The highest BCUT2D eigenvalue weighted by Crippen LogP contribution is 2.31. The van der Waals surface area contributed by atoms with Gasteiger partial charge in [-0.15, -0.1) is 0 Å². The predicted octanol–water partition coefficient (Wildman–Crippen LogP) is 6.73. The third-order valence-electron chi connectivity index (χ3n) is 6.78. The van der Waals surface area contributed by atoms with Gasteiger partial charge in [-0.2, -0.15) is 0 Å². The number of aliphatic hydroxyl groups is 1. The Balaban J connectivity index is 1.48. The number of ether oxygens (including phenoxy) is 3. The monoisotopic (exact) mass is 603 g/mol. The van der Waals surface area contributed by atoms with E-state index in [1.165, 1.54) is 12.2 Å². The first-order chi connectivity index (χ1) is 22.0. The van der Waals surface area contributed by atoms with Gasteiger partial charge in [0.05, 0.1) is 23.7 Å². The minimum atomic E-state index is -1.04. The maximum Gasteiger partial charge on any atom is 0.412 e. The second-order valence-electron chi connectivity index (χ2n) is 9.95.